The first kappa shape index (κ1) is 19.9. The molecule has 0 unspecified atom stereocenters. The lowest BCUT2D eigenvalue weighted by atomic mass is 9.98. The van der Waals surface area contributed by atoms with Gasteiger partial charge in [-0.3, -0.25) is 0 Å². The monoisotopic (exact) mass is 424 g/mol. The van der Waals surface area contributed by atoms with Crippen molar-refractivity contribution in [3.63, 3.8) is 0 Å². The number of H-pyrrole nitrogens is 1. The van der Waals surface area contributed by atoms with Gasteiger partial charge in [-0.05, 0) is 33.2 Å². The van der Waals surface area contributed by atoms with E-state index in [-0.39, 0.29) is 10.7 Å². The fourth-order valence-corrected chi connectivity index (χ4v) is 3.94. The Bertz CT molecular complexity index is 1200. The highest BCUT2D eigenvalue weighted by atomic mass is 32.2. The van der Waals surface area contributed by atoms with Crippen LogP contribution >= 0.6 is 0 Å². The van der Waals surface area contributed by atoms with Gasteiger partial charge in [0.15, 0.2) is 5.82 Å². The van der Waals surface area contributed by atoms with Crippen molar-refractivity contribution in [3.05, 3.63) is 66.7 Å². The average molecular weight is 424 g/mol. The number of benzene rings is 2. The highest BCUT2D eigenvalue weighted by molar-refractivity contribution is 7.89. The second-order valence-corrected chi connectivity index (χ2v) is 8.18. The van der Waals surface area contributed by atoms with Crippen molar-refractivity contribution in [2.24, 2.45) is 5.14 Å². The highest BCUT2D eigenvalue weighted by Crippen LogP contribution is 2.34. The summed E-state index contributed by atoms with van der Waals surface area (Å²) in [7, 11) is -3.96. The maximum Gasteiger partial charge on any atom is 0.238 e. The summed E-state index contributed by atoms with van der Waals surface area (Å²) in [5.41, 5.74) is 2.94. The Morgan fingerprint density at radius 3 is 2.63 bits per heavy atom. The van der Waals surface area contributed by atoms with Gasteiger partial charge in [0.1, 0.15) is 0 Å². The minimum absolute atomic E-state index is 0.0382. The number of nitrogens with two attached hydrogens (primary N) is 1. The van der Waals surface area contributed by atoms with E-state index in [1.807, 2.05) is 41.1 Å². The molecule has 10 nitrogen and oxygen atoms in total. The van der Waals surface area contributed by atoms with E-state index in [2.05, 4.69) is 30.9 Å². The van der Waals surface area contributed by atoms with E-state index in [1.54, 1.807) is 18.6 Å². The molecule has 0 saturated heterocycles. The second-order valence-electron chi connectivity index (χ2n) is 6.65. The van der Waals surface area contributed by atoms with E-state index < -0.39 is 10.0 Å². The molecule has 0 aliphatic rings. The maximum atomic E-state index is 12.1. The molecule has 154 valence electrons. The lowest BCUT2D eigenvalue weighted by Crippen LogP contribution is -2.18. The van der Waals surface area contributed by atoms with Gasteiger partial charge in [0, 0.05) is 37.6 Å². The summed E-state index contributed by atoms with van der Waals surface area (Å²) in [6.07, 6.45) is 5.47. The third kappa shape index (κ3) is 4.43. The van der Waals surface area contributed by atoms with Gasteiger partial charge in [-0.25, -0.2) is 23.6 Å². The zero-order valence-electron chi connectivity index (χ0n) is 15.9. The normalized spacial score (nSPS) is 11.6. The van der Waals surface area contributed by atoms with Gasteiger partial charge in [-0.15, -0.1) is 5.10 Å². The molecule has 11 heteroatoms. The van der Waals surface area contributed by atoms with Gasteiger partial charge in [-0.2, -0.15) is 0 Å². The number of primary sulfonamides is 1. The van der Waals surface area contributed by atoms with E-state index in [4.69, 9.17) is 5.14 Å². The van der Waals surface area contributed by atoms with Crippen LogP contribution in [-0.2, 0) is 23.1 Å². The number of hydrogen-bond donors (Lipinski definition) is 3. The molecule has 2 aromatic carbocycles. The second kappa shape index (κ2) is 8.53. The third-order valence-electron chi connectivity index (χ3n) is 4.61. The molecule has 2 heterocycles. The zero-order chi connectivity index (χ0) is 21.0. The Morgan fingerprint density at radius 1 is 1.13 bits per heavy atom. The van der Waals surface area contributed by atoms with Crippen LogP contribution in [0.1, 0.15) is 5.56 Å². The molecule has 2 aromatic heterocycles. The fraction of sp³-hybridized carbons (Fsp3) is 0.158. The molecule has 0 saturated carbocycles. The fourth-order valence-electron chi connectivity index (χ4n) is 3.18. The smallest absolute Gasteiger partial charge is 0.238 e. The number of nitrogens with zero attached hydrogens (tertiary/aromatic N) is 5. The Kier molecular flexibility index (Phi) is 5.65. The first-order valence-corrected chi connectivity index (χ1v) is 10.7. The largest absolute Gasteiger partial charge is 0.336 e. The van der Waals surface area contributed by atoms with E-state index in [0.29, 0.717) is 17.7 Å². The van der Waals surface area contributed by atoms with Gasteiger partial charge in [-0.1, -0.05) is 36.4 Å². The van der Waals surface area contributed by atoms with Crippen molar-refractivity contribution in [2.75, 3.05) is 6.54 Å². The van der Waals surface area contributed by atoms with E-state index >= 15 is 0 Å². The van der Waals surface area contributed by atoms with Crippen molar-refractivity contribution in [3.8, 4) is 22.5 Å². The lowest BCUT2D eigenvalue weighted by Gasteiger charge is -2.12. The molecule has 0 bridgehead atoms. The van der Waals surface area contributed by atoms with Crippen LogP contribution in [0.3, 0.4) is 0 Å². The van der Waals surface area contributed by atoms with Gasteiger partial charge in [0.2, 0.25) is 10.0 Å². The van der Waals surface area contributed by atoms with E-state index in [1.165, 1.54) is 6.07 Å². The summed E-state index contributed by atoms with van der Waals surface area (Å²) in [5.74, 6) is 0.236. The molecule has 0 aliphatic carbocycles. The maximum absolute atomic E-state index is 12.1. The Balaban J connectivity index is 1.55. The Morgan fingerprint density at radius 2 is 1.97 bits per heavy atom. The number of aromatic nitrogens is 6. The molecule has 0 radical (unpaired) electrons. The van der Waals surface area contributed by atoms with Crippen LogP contribution in [0.2, 0.25) is 0 Å². The SMILES string of the molecule is NS(=O)(=O)c1cccc(-c2ccc(CNCCn3ccnc3)cc2)c1-c1nnn[nH]1. The summed E-state index contributed by atoms with van der Waals surface area (Å²) in [6, 6.07) is 12.7. The number of hydrogen-bond acceptors (Lipinski definition) is 7. The number of rotatable bonds is 8. The average Bonchev–Trinajstić information content (AvgIpc) is 3.45. The van der Waals surface area contributed by atoms with Gasteiger partial charge >= 0.3 is 0 Å². The van der Waals surface area contributed by atoms with Crippen LogP contribution < -0.4 is 10.5 Å². The van der Waals surface area contributed by atoms with Crippen LogP contribution in [0.15, 0.2) is 66.1 Å². The van der Waals surface area contributed by atoms with Gasteiger partial charge < -0.3 is 9.88 Å². The van der Waals surface area contributed by atoms with Crippen LogP contribution in [-0.4, -0.2) is 45.1 Å². The van der Waals surface area contributed by atoms with Crippen molar-refractivity contribution in [2.45, 2.75) is 18.0 Å². The number of tetrazole rings is 1. The van der Waals surface area contributed by atoms with Gasteiger partial charge in [0.05, 0.1) is 11.2 Å². The summed E-state index contributed by atoms with van der Waals surface area (Å²) in [6.45, 7) is 2.37. The van der Waals surface area contributed by atoms with Gasteiger partial charge in [0.25, 0.3) is 0 Å². The molecular formula is C19H20N8O2S. The highest BCUT2D eigenvalue weighted by Gasteiger charge is 2.21. The zero-order valence-corrected chi connectivity index (χ0v) is 16.7. The minimum Gasteiger partial charge on any atom is -0.336 e. The number of sulfonamides is 1. The van der Waals surface area contributed by atoms with E-state index in [9.17, 15) is 8.42 Å². The predicted molar refractivity (Wildman–Crippen MR) is 110 cm³/mol. The molecule has 30 heavy (non-hydrogen) atoms. The first-order valence-electron chi connectivity index (χ1n) is 9.18. The van der Waals surface area contributed by atoms with Crippen molar-refractivity contribution >= 4 is 10.0 Å². The van der Waals surface area contributed by atoms with Crippen LogP contribution in [0, 0.1) is 0 Å². The molecule has 4 aromatic rings. The number of aromatic amines is 1. The topological polar surface area (TPSA) is 144 Å². The van der Waals surface area contributed by atoms with Crippen molar-refractivity contribution in [1.29, 1.82) is 0 Å². The first-order chi connectivity index (χ1) is 14.5. The van der Waals surface area contributed by atoms with Crippen LogP contribution in [0.4, 0.5) is 0 Å². The Labute approximate surface area is 173 Å². The summed E-state index contributed by atoms with van der Waals surface area (Å²) >= 11 is 0. The molecule has 0 aliphatic heterocycles. The van der Waals surface area contributed by atoms with Crippen molar-refractivity contribution < 1.29 is 8.42 Å². The standard InChI is InChI=1S/C19H20N8O2S/c20-30(28,29)17-3-1-2-16(18(17)19-23-25-26-24-19)15-6-4-14(5-7-15)12-21-8-10-27-11-9-22-13-27/h1-7,9,11,13,21H,8,10,12H2,(H2,20,28,29)(H,23,24,25,26). The van der Waals surface area contributed by atoms with Crippen LogP contribution in [0.5, 0.6) is 0 Å². The number of nitrogens with one attached hydrogen (secondary N) is 2. The van der Waals surface area contributed by atoms with Crippen molar-refractivity contribution in [1.82, 2.24) is 35.5 Å². The Hall–Kier alpha value is -3.41. The molecule has 0 atom stereocenters. The molecule has 0 amide bonds. The predicted octanol–water partition coefficient (Wildman–Crippen LogP) is 1.17. The van der Waals surface area contributed by atoms with Crippen LogP contribution in [0.25, 0.3) is 22.5 Å². The lowest BCUT2D eigenvalue weighted by molar-refractivity contribution is 0.597. The molecule has 0 spiro atoms. The summed E-state index contributed by atoms with van der Waals surface area (Å²) in [5, 5.41) is 22.4. The van der Waals surface area contributed by atoms with E-state index in [0.717, 1.165) is 24.2 Å². The molecule has 4 rings (SSSR count). The quantitative estimate of drug-likeness (QED) is 0.360. The summed E-state index contributed by atoms with van der Waals surface area (Å²) < 4.78 is 26.2. The number of imidazole rings is 1. The molecular weight excluding hydrogens is 404 g/mol. The minimum atomic E-state index is -3.96. The molecule has 4 N–H and O–H groups in total. The third-order valence-corrected chi connectivity index (χ3v) is 5.57. The summed E-state index contributed by atoms with van der Waals surface area (Å²) in [4.78, 5) is 3.98. The molecule has 0 fully saturated rings.